The number of rotatable bonds is 50. The van der Waals surface area contributed by atoms with Crippen LogP contribution in [0, 0.1) is 17.2 Å². The molecule has 42 nitrogen and oxygen atoms in total. The number of primary amides is 1. The third-order valence-electron chi connectivity index (χ3n) is 20.8. The molecular formula is C81H111ClN21O21S+. The zero-order chi connectivity index (χ0) is 91.3. The largest absolute Gasteiger partial charge is 0.508 e. The molecule has 2 aromatic heterocycles. The van der Waals surface area contributed by atoms with E-state index in [-0.39, 0.29) is 148 Å². The molecule has 5 aromatic rings. The predicted molar refractivity (Wildman–Crippen MR) is 458 cm³/mol. The Bertz CT molecular complexity index is 4700. The third-order valence-corrected chi connectivity index (χ3v) is 22.5. The second kappa shape index (κ2) is 47.2. The highest BCUT2D eigenvalue weighted by Gasteiger charge is 2.44. The van der Waals surface area contributed by atoms with E-state index in [9.17, 15) is 97.5 Å². The van der Waals surface area contributed by atoms with Crippen molar-refractivity contribution in [3.8, 4) is 22.6 Å². The van der Waals surface area contributed by atoms with Gasteiger partial charge in [0.05, 0.1) is 41.5 Å². The molecule has 3 fully saturated rings. The van der Waals surface area contributed by atoms with Crippen molar-refractivity contribution < 1.29 is 102 Å². The van der Waals surface area contributed by atoms with Crippen LogP contribution in [-0.2, 0) is 67.1 Å². The Morgan fingerprint density at radius 1 is 0.576 bits per heavy atom. The number of thioether (sulfide) groups is 1. The lowest BCUT2D eigenvalue weighted by molar-refractivity contribution is -0.143. The highest BCUT2D eigenvalue weighted by Crippen LogP contribution is 2.40. The molecule has 0 saturated carbocycles. The lowest BCUT2D eigenvalue weighted by Gasteiger charge is -2.30. The van der Waals surface area contributed by atoms with Crippen LogP contribution in [-0.4, -0.2) is 244 Å². The number of amides is 13. The molecule has 678 valence electrons. The van der Waals surface area contributed by atoms with E-state index < -0.39 is 182 Å². The van der Waals surface area contributed by atoms with Gasteiger partial charge in [-0.3, -0.25) is 72.5 Å². The monoisotopic (exact) mass is 1780 g/mol. The van der Waals surface area contributed by atoms with Crippen molar-refractivity contribution >= 4 is 158 Å². The molecule has 12 atom stereocenters. The standard InChI is InChI=1S/C81H110ClN21O21S/c1-40(2)34-54(97-75(121)57-14-11-33-103(57)76(122)53(27-30-65(112)113)91-61(106)16-7-6-15-60-67-56(39-125-60)98-81(123)99-67)70(116)88-38-62(107)92-55(35-41(3)4)74(120)96-50(71(117)89-42(5)69(115)94-52(26-29-64(110)111)73(119)95-51(13-10-32-86-78(84)85)72(118)93-49(68(83)114)25-28-63(108)109)12-8-9-31-87-79-100-77(82)101-80(102-79)90-44-19-17-43(18-20-44)66-47-23-21-45(104)36-58(47)124-59-37-46(105)22-24-48(59)66/h17-24,36-37,40-42,49-57,60,67H,6-16,25-35,38-39H2,1-5H3,(H23-,83,84,85,86,87,88,89,90,91,92,93,94,95,96,97,98,99,100,101,102,104,105,106,107,108,109,110,111,112,113,114,115,116,117,118,119,120,121,123)/p+1/t42-,49-,50-,51-,52-,53-,54-,55-,56?,57-,60?,67?/m0/s1. The van der Waals surface area contributed by atoms with Gasteiger partial charge in [0.15, 0.2) is 5.96 Å². The number of phenolic OH excluding ortho intramolecular Hbond substituents is 2. The third kappa shape index (κ3) is 30.6. The summed E-state index contributed by atoms with van der Waals surface area (Å²) in [5.74, 6) is -13.9. The van der Waals surface area contributed by atoms with Gasteiger partial charge in [0.1, 0.15) is 65.9 Å². The summed E-state index contributed by atoms with van der Waals surface area (Å²) in [5, 5.41) is 95.4. The minimum absolute atomic E-state index is 0.00249. The molecule has 125 heavy (non-hydrogen) atoms. The van der Waals surface area contributed by atoms with E-state index in [1.54, 1.807) is 63.7 Å². The predicted octanol–water partition coefficient (Wildman–Crippen LogP) is 2.28. The van der Waals surface area contributed by atoms with Gasteiger partial charge in [0.25, 0.3) is 0 Å². The Hall–Kier alpha value is -12.7. The number of hydrogen-bond acceptors (Lipinski definition) is 24. The number of anilines is 3. The quantitative estimate of drug-likeness (QED) is 0.00663. The molecule has 3 saturated heterocycles. The maximum atomic E-state index is 14.7. The van der Waals surface area contributed by atoms with Crippen molar-refractivity contribution in [2.75, 3.05) is 42.6 Å². The number of carboxylic acids is 3. The fourth-order valence-corrected chi connectivity index (χ4v) is 16.3. The normalized spacial score (nSPS) is 17.1. The van der Waals surface area contributed by atoms with Gasteiger partial charge in [0, 0.05) is 67.6 Å². The number of hydrogen-bond donors (Lipinski definition) is 22. The number of aliphatic carboxylic acids is 3. The Morgan fingerprint density at radius 2 is 1.12 bits per heavy atom. The Balaban J connectivity index is 0.937. The zero-order valence-electron chi connectivity index (χ0n) is 69.8. The number of nitrogens with zero attached hydrogens (tertiary/aromatic N) is 4. The van der Waals surface area contributed by atoms with E-state index in [1.807, 2.05) is 12.1 Å². The van der Waals surface area contributed by atoms with Gasteiger partial charge < -0.3 is 116 Å². The molecule has 0 bridgehead atoms. The van der Waals surface area contributed by atoms with Gasteiger partial charge >= 0.3 is 35.1 Å². The summed E-state index contributed by atoms with van der Waals surface area (Å²) in [5.41, 5.74) is 13.7. The average Bonchev–Trinajstić information content (AvgIpc) is 1.33. The second-order valence-corrected chi connectivity index (χ2v) is 33.3. The van der Waals surface area contributed by atoms with Crippen molar-refractivity contribution in [3.63, 3.8) is 0 Å². The van der Waals surface area contributed by atoms with Gasteiger partial charge in [-0.25, -0.2) is 9.21 Å². The number of likely N-dealkylation sites (tertiary alicyclic amines) is 1. The summed E-state index contributed by atoms with van der Waals surface area (Å²) < 4.78 is 6.04. The minimum atomic E-state index is -1.73. The lowest BCUT2D eigenvalue weighted by Crippen LogP contribution is -2.59. The van der Waals surface area contributed by atoms with Crippen molar-refractivity contribution in [1.82, 2.24) is 83.7 Å². The number of halogens is 1. The SMILES string of the molecule is CC(C)C[C@H](NC(=O)CNC(=O)[C@H](CC(C)C)NC(=O)[C@@H]1CCCN1C(=O)[C@H](CCC(=O)O)NC(=O)CCCCC1SCC2NC(=O)NC21)C(=O)N[C@@H](CCCCNc1nc(Cl)nc(Nc2ccc(-c3c4ccc(O)cc4[o+]c4cc(O)ccc34)cc2)n1)C(=O)N[C@@H](C)C(=O)N[C@@H](CCC(=O)O)C(=O)N[C@@H](CCCNC(=N)N)C(=O)N[C@@H](CCC(=O)O)C(N)=O. The summed E-state index contributed by atoms with van der Waals surface area (Å²) in [4.78, 5) is 215. The fraction of sp³-hybridized carbons (Fsp3) is 0.531. The van der Waals surface area contributed by atoms with E-state index >= 15 is 0 Å². The average molecular weight is 1780 g/mol. The Morgan fingerprint density at radius 3 is 1.72 bits per heavy atom. The van der Waals surface area contributed by atoms with Gasteiger partial charge in [-0.2, -0.15) is 26.7 Å². The lowest BCUT2D eigenvalue weighted by atomic mass is 9.97. The number of phenols is 2. The number of urea groups is 1. The van der Waals surface area contributed by atoms with Crippen LogP contribution >= 0.6 is 23.4 Å². The van der Waals surface area contributed by atoms with Gasteiger partial charge in [-0.1, -0.05) is 46.2 Å². The van der Waals surface area contributed by atoms with Crippen LogP contribution in [0.3, 0.4) is 0 Å². The number of benzene rings is 3. The maximum absolute atomic E-state index is 14.7. The number of unbranched alkanes of at least 4 members (excludes halogenated alkanes) is 2. The summed E-state index contributed by atoms with van der Waals surface area (Å²) in [6.45, 7) is 7.69. The highest BCUT2D eigenvalue weighted by atomic mass is 35.5. The highest BCUT2D eigenvalue weighted by molar-refractivity contribution is 8.00. The van der Waals surface area contributed by atoms with Crippen LogP contribution in [0.4, 0.5) is 22.4 Å². The summed E-state index contributed by atoms with van der Waals surface area (Å²) in [6, 6.07) is 3.45. The number of carbonyl (C=O) groups is 15. The number of aromatic hydroxyl groups is 2. The van der Waals surface area contributed by atoms with Crippen LogP contribution in [0.5, 0.6) is 11.5 Å². The number of fused-ring (bicyclic) bond motifs is 3. The van der Waals surface area contributed by atoms with Crippen LogP contribution in [0.25, 0.3) is 33.1 Å². The zero-order valence-corrected chi connectivity index (χ0v) is 71.4. The number of aromatic nitrogens is 3. The van der Waals surface area contributed by atoms with Crippen molar-refractivity contribution in [3.05, 3.63) is 65.9 Å². The van der Waals surface area contributed by atoms with Crippen LogP contribution in [0.2, 0.25) is 5.28 Å². The van der Waals surface area contributed by atoms with Gasteiger partial charge in [-0.15, -0.1) is 0 Å². The number of guanidine groups is 1. The first-order valence-electron chi connectivity index (χ1n) is 41.3. The molecular weight excluding hydrogens is 1670 g/mol. The molecule has 8 rings (SSSR count). The maximum Gasteiger partial charge on any atom is 0.365 e. The summed E-state index contributed by atoms with van der Waals surface area (Å²) >= 11 is 8.15. The molecule has 3 aliphatic rings. The molecule has 24 N–H and O–H groups in total. The van der Waals surface area contributed by atoms with E-state index in [4.69, 9.17) is 32.9 Å². The van der Waals surface area contributed by atoms with Gasteiger partial charge in [0.2, 0.25) is 82.2 Å². The Kier molecular flexibility index (Phi) is 36.9. The van der Waals surface area contributed by atoms with Crippen molar-refractivity contribution in [1.29, 1.82) is 5.41 Å². The molecule has 0 spiro atoms. The van der Waals surface area contributed by atoms with Crippen molar-refractivity contribution in [2.24, 2.45) is 23.3 Å². The molecule has 3 aromatic carbocycles. The number of nitrogens with one attached hydrogen (secondary N) is 15. The van der Waals surface area contributed by atoms with E-state index in [0.717, 1.165) is 23.3 Å². The first-order chi connectivity index (χ1) is 59.4. The van der Waals surface area contributed by atoms with E-state index in [0.29, 0.717) is 46.9 Å². The van der Waals surface area contributed by atoms with E-state index in [2.05, 4.69) is 89.4 Å². The molecule has 0 aliphatic carbocycles. The van der Waals surface area contributed by atoms with Crippen LogP contribution in [0.1, 0.15) is 157 Å². The molecule has 5 heterocycles. The summed E-state index contributed by atoms with van der Waals surface area (Å²) in [6.07, 6.45) is -0.707. The second-order valence-electron chi connectivity index (χ2n) is 31.7. The number of carbonyl (C=O) groups excluding carboxylic acids is 12. The number of nitrogens with two attached hydrogens (primary N) is 2. The first kappa shape index (κ1) is 97.7. The van der Waals surface area contributed by atoms with Crippen molar-refractivity contribution in [2.45, 2.75) is 228 Å². The Labute approximate surface area is 728 Å². The smallest absolute Gasteiger partial charge is 0.365 e. The molecule has 44 heteroatoms. The van der Waals surface area contributed by atoms with Crippen LogP contribution in [0.15, 0.2) is 65.1 Å². The van der Waals surface area contributed by atoms with E-state index in [1.165, 1.54) is 36.1 Å². The molecule has 3 unspecified atom stereocenters. The molecule has 0 radical (unpaired) electrons. The topological polar surface area (TPSA) is 655 Å². The van der Waals surface area contributed by atoms with Gasteiger partial charge in [-0.05, 0) is 162 Å². The minimum Gasteiger partial charge on any atom is -0.508 e. The first-order valence-corrected chi connectivity index (χ1v) is 42.8. The molecule has 13 amide bonds. The number of carboxylic acid groups (broad SMARTS) is 3. The fourth-order valence-electron chi connectivity index (χ4n) is 14.6. The molecule has 3 aliphatic heterocycles. The van der Waals surface area contributed by atoms with Crippen LogP contribution < -0.4 is 85.9 Å². The summed E-state index contributed by atoms with van der Waals surface area (Å²) in [7, 11) is 0.